The molecule has 0 radical (unpaired) electrons. The molecule has 0 N–H and O–H groups in total. The van der Waals surface area contributed by atoms with Crippen molar-refractivity contribution in [1.82, 2.24) is 0 Å². The lowest BCUT2D eigenvalue weighted by Gasteiger charge is -2.23. The van der Waals surface area contributed by atoms with Crippen LogP contribution < -0.4 is 9.64 Å². The normalized spacial score (nSPS) is 16.4. The number of anilines is 1. The molecule has 27 heavy (non-hydrogen) atoms. The maximum Gasteiger partial charge on any atom is 0.316 e. The van der Waals surface area contributed by atoms with Crippen LogP contribution in [-0.4, -0.2) is 24.7 Å². The third kappa shape index (κ3) is 3.77. The van der Waals surface area contributed by atoms with Crippen molar-refractivity contribution in [2.75, 3.05) is 11.4 Å². The van der Waals surface area contributed by atoms with E-state index in [1.807, 2.05) is 18.2 Å². The van der Waals surface area contributed by atoms with Gasteiger partial charge >= 0.3 is 5.97 Å². The van der Waals surface area contributed by atoms with Crippen LogP contribution in [0.25, 0.3) is 0 Å². The number of rotatable bonds is 6. The summed E-state index contributed by atoms with van der Waals surface area (Å²) in [6.07, 6.45) is 2.40. The second kappa shape index (κ2) is 8.16. The first kappa shape index (κ1) is 18.8. The summed E-state index contributed by atoms with van der Waals surface area (Å²) in [6, 6.07) is 12.6. The molecule has 3 rings (SSSR count). The molecule has 5 nitrogen and oxygen atoms in total. The second-order valence-electron chi connectivity index (χ2n) is 6.61. The maximum atomic E-state index is 12.7. The van der Waals surface area contributed by atoms with E-state index in [-0.39, 0.29) is 18.1 Å². The third-order valence-electron chi connectivity index (χ3n) is 4.95. The fourth-order valence-corrected chi connectivity index (χ4v) is 3.51. The fourth-order valence-electron chi connectivity index (χ4n) is 3.51. The largest absolute Gasteiger partial charge is 0.425 e. The summed E-state index contributed by atoms with van der Waals surface area (Å²) in [6.45, 7) is 4.41. The van der Waals surface area contributed by atoms with E-state index in [9.17, 15) is 14.4 Å². The predicted octanol–water partition coefficient (Wildman–Crippen LogP) is 3.58. The van der Waals surface area contributed by atoms with Gasteiger partial charge in [-0.1, -0.05) is 44.2 Å². The lowest BCUT2D eigenvalue weighted by atomic mass is 10.0. The van der Waals surface area contributed by atoms with Crippen LogP contribution in [0.15, 0.2) is 42.5 Å². The van der Waals surface area contributed by atoms with E-state index in [0.717, 1.165) is 29.7 Å². The van der Waals surface area contributed by atoms with Gasteiger partial charge in [0.15, 0.2) is 6.29 Å². The van der Waals surface area contributed by atoms with Crippen LogP contribution in [0, 0.1) is 5.92 Å². The minimum Gasteiger partial charge on any atom is -0.425 e. The van der Waals surface area contributed by atoms with Crippen molar-refractivity contribution < 1.29 is 19.1 Å². The highest BCUT2D eigenvalue weighted by atomic mass is 16.5. The van der Waals surface area contributed by atoms with Crippen molar-refractivity contribution in [3.8, 4) is 5.75 Å². The van der Waals surface area contributed by atoms with Crippen molar-refractivity contribution in [2.45, 2.75) is 33.1 Å². The molecule has 0 aliphatic carbocycles. The summed E-state index contributed by atoms with van der Waals surface area (Å²) < 4.78 is 5.42. The van der Waals surface area contributed by atoms with Crippen LogP contribution in [0.2, 0.25) is 0 Å². The molecule has 0 aromatic heterocycles. The molecule has 1 heterocycles. The topological polar surface area (TPSA) is 63.7 Å². The Bertz CT molecular complexity index is 852. The molecular weight excluding hydrogens is 342 g/mol. The summed E-state index contributed by atoms with van der Waals surface area (Å²) >= 11 is 0. The minimum absolute atomic E-state index is 0.0729. The van der Waals surface area contributed by atoms with Gasteiger partial charge in [0.25, 0.3) is 0 Å². The quantitative estimate of drug-likeness (QED) is 0.446. The van der Waals surface area contributed by atoms with Gasteiger partial charge < -0.3 is 9.64 Å². The average Bonchev–Trinajstić information content (AvgIpc) is 3.09. The van der Waals surface area contributed by atoms with E-state index < -0.39 is 11.9 Å². The highest BCUT2D eigenvalue weighted by Gasteiger charge is 2.37. The molecule has 2 aromatic rings. The van der Waals surface area contributed by atoms with Gasteiger partial charge in [0.2, 0.25) is 5.91 Å². The molecule has 1 amide bonds. The van der Waals surface area contributed by atoms with Crippen LogP contribution in [0.1, 0.15) is 41.8 Å². The number of esters is 1. The molecule has 0 bridgehead atoms. The molecule has 0 saturated carbocycles. The zero-order valence-corrected chi connectivity index (χ0v) is 15.6. The Hall–Kier alpha value is -2.95. The van der Waals surface area contributed by atoms with Crippen molar-refractivity contribution >= 4 is 23.9 Å². The van der Waals surface area contributed by atoms with Crippen molar-refractivity contribution in [2.24, 2.45) is 5.92 Å². The first-order valence-corrected chi connectivity index (χ1v) is 9.26. The first-order valence-electron chi connectivity index (χ1n) is 9.26. The molecular formula is C22H23NO4. The molecule has 2 aromatic carbocycles. The van der Waals surface area contributed by atoms with E-state index in [4.69, 9.17) is 4.74 Å². The van der Waals surface area contributed by atoms with E-state index in [2.05, 4.69) is 13.8 Å². The van der Waals surface area contributed by atoms with Gasteiger partial charge in [-0.15, -0.1) is 0 Å². The number of amides is 1. The lowest BCUT2D eigenvalue weighted by Crippen LogP contribution is -2.29. The summed E-state index contributed by atoms with van der Waals surface area (Å²) in [5.41, 5.74) is 3.44. The van der Waals surface area contributed by atoms with Crippen LogP contribution in [-0.2, 0) is 22.4 Å². The zero-order chi connectivity index (χ0) is 19.4. The predicted molar refractivity (Wildman–Crippen MR) is 103 cm³/mol. The number of benzene rings is 2. The number of aryl methyl sites for hydroxylation is 2. The number of hydrogen-bond acceptors (Lipinski definition) is 4. The second-order valence-corrected chi connectivity index (χ2v) is 6.61. The number of nitrogens with zero attached hydrogens (tertiary/aromatic N) is 1. The summed E-state index contributed by atoms with van der Waals surface area (Å²) in [4.78, 5) is 38.1. The van der Waals surface area contributed by atoms with Crippen molar-refractivity contribution in [3.63, 3.8) is 0 Å². The van der Waals surface area contributed by atoms with Crippen molar-refractivity contribution in [3.05, 3.63) is 59.2 Å². The molecule has 0 spiro atoms. The number of aldehydes is 1. The Balaban J connectivity index is 1.82. The van der Waals surface area contributed by atoms with E-state index in [1.54, 1.807) is 29.2 Å². The molecule has 1 aliphatic rings. The van der Waals surface area contributed by atoms with Gasteiger partial charge in [0, 0.05) is 18.7 Å². The lowest BCUT2D eigenvalue weighted by molar-refractivity contribution is -0.139. The smallest absolute Gasteiger partial charge is 0.316 e. The van der Waals surface area contributed by atoms with Gasteiger partial charge in [-0.3, -0.25) is 14.4 Å². The van der Waals surface area contributed by atoms with Gasteiger partial charge in [-0.2, -0.15) is 0 Å². The molecule has 1 atom stereocenters. The standard InChI is InChI=1S/C22H23NO4/c1-3-15-9-7-10-16(4-2)21(15)23-13-18(12-20(23)25)22(26)27-19-11-6-5-8-17(19)14-24/h5-11,14,18H,3-4,12-13H2,1-2H3/t18-/m0/s1. The van der Waals surface area contributed by atoms with Gasteiger partial charge in [0.05, 0.1) is 11.5 Å². The van der Waals surface area contributed by atoms with Crippen LogP contribution in [0.5, 0.6) is 5.75 Å². The van der Waals surface area contributed by atoms with Crippen LogP contribution in [0.3, 0.4) is 0 Å². The summed E-state index contributed by atoms with van der Waals surface area (Å²) in [7, 11) is 0. The Morgan fingerprint density at radius 1 is 1.11 bits per heavy atom. The molecule has 5 heteroatoms. The molecule has 1 fully saturated rings. The highest BCUT2D eigenvalue weighted by Crippen LogP contribution is 2.33. The Labute approximate surface area is 158 Å². The van der Waals surface area contributed by atoms with Crippen LogP contribution in [0.4, 0.5) is 5.69 Å². The van der Waals surface area contributed by atoms with E-state index >= 15 is 0 Å². The number of hydrogen-bond donors (Lipinski definition) is 0. The minimum atomic E-state index is -0.549. The Morgan fingerprint density at radius 3 is 2.41 bits per heavy atom. The number of carbonyl (C=O) groups excluding carboxylic acids is 3. The first-order chi connectivity index (χ1) is 13.1. The zero-order valence-electron chi connectivity index (χ0n) is 15.6. The summed E-state index contributed by atoms with van der Waals surface area (Å²) in [5, 5.41) is 0. The molecule has 140 valence electrons. The SMILES string of the molecule is CCc1cccc(CC)c1N1C[C@@H](C(=O)Oc2ccccc2C=O)CC1=O. The number of para-hydroxylation sites is 2. The van der Waals surface area contributed by atoms with Crippen molar-refractivity contribution in [1.29, 1.82) is 0 Å². The average molecular weight is 365 g/mol. The maximum absolute atomic E-state index is 12.7. The monoisotopic (exact) mass is 365 g/mol. The van der Waals surface area contributed by atoms with Crippen LogP contribution >= 0.6 is 0 Å². The fraction of sp³-hybridized carbons (Fsp3) is 0.318. The number of ether oxygens (including phenoxy) is 1. The van der Waals surface area contributed by atoms with Gasteiger partial charge in [0.1, 0.15) is 5.75 Å². The van der Waals surface area contributed by atoms with E-state index in [1.165, 1.54) is 0 Å². The third-order valence-corrected chi connectivity index (χ3v) is 4.95. The molecule has 1 aliphatic heterocycles. The van der Waals surface area contributed by atoms with Gasteiger partial charge in [-0.25, -0.2) is 0 Å². The number of carbonyl (C=O) groups is 3. The summed E-state index contributed by atoms with van der Waals surface area (Å²) in [5.74, 6) is -0.873. The van der Waals surface area contributed by atoms with E-state index in [0.29, 0.717) is 18.4 Å². The molecule has 1 saturated heterocycles. The van der Waals surface area contributed by atoms with Gasteiger partial charge in [-0.05, 0) is 36.1 Å². The molecule has 0 unspecified atom stereocenters. The Kier molecular flexibility index (Phi) is 5.69. The Morgan fingerprint density at radius 2 is 1.78 bits per heavy atom. The highest BCUT2D eigenvalue weighted by molar-refractivity contribution is 6.01.